The summed E-state index contributed by atoms with van der Waals surface area (Å²) < 4.78 is 0. The lowest BCUT2D eigenvalue weighted by atomic mass is 10.1. The summed E-state index contributed by atoms with van der Waals surface area (Å²) >= 11 is 0. The second-order valence-corrected chi connectivity index (χ2v) is 3.92. The molecule has 0 saturated carbocycles. The molecule has 14 heavy (non-hydrogen) atoms. The fourth-order valence-electron chi connectivity index (χ4n) is 0.902. The highest BCUT2D eigenvalue weighted by Crippen LogP contribution is 2.16. The summed E-state index contributed by atoms with van der Waals surface area (Å²) in [5.41, 5.74) is 5.70. The largest absolute Gasteiger partial charge is 0.508 e. The lowest BCUT2D eigenvalue weighted by Gasteiger charge is -2.27. The molecule has 0 amide bonds. The van der Waals surface area contributed by atoms with Crippen molar-refractivity contribution in [3.63, 3.8) is 0 Å². The third-order valence-electron chi connectivity index (χ3n) is 1.88. The van der Waals surface area contributed by atoms with Crippen molar-refractivity contribution in [1.29, 1.82) is 0 Å². The zero-order chi connectivity index (χ0) is 10.8. The minimum absolute atomic E-state index is 0.192. The smallest absolute Gasteiger partial charge is 0.142 e. The summed E-state index contributed by atoms with van der Waals surface area (Å²) in [6, 6.07) is 6.42. The first kappa shape index (κ1) is 10.8. The standard InChI is InChI=1S/C10H16N2O2/c1-10(2,11)9(14)12-7-3-5-8(13)6-4-7/h3-6,9,12-14H,11H2,1-2H3. The molecule has 0 aromatic heterocycles. The third kappa shape index (κ3) is 2.90. The van der Waals surface area contributed by atoms with Gasteiger partial charge >= 0.3 is 0 Å². The zero-order valence-electron chi connectivity index (χ0n) is 8.36. The fourth-order valence-corrected chi connectivity index (χ4v) is 0.902. The highest BCUT2D eigenvalue weighted by molar-refractivity contribution is 5.46. The van der Waals surface area contributed by atoms with Crippen LogP contribution in [0.2, 0.25) is 0 Å². The number of hydrogen-bond donors (Lipinski definition) is 4. The van der Waals surface area contributed by atoms with Crippen LogP contribution in [0.15, 0.2) is 24.3 Å². The monoisotopic (exact) mass is 196 g/mol. The van der Waals surface area contributed by atoms with Gasteiger partial charge < -0.3 is 21.3 Å². The van der Waals surface area contributed by atoms with Gasteiger partial charge in [0.1, 0.15) is 12.0 Å². The van der Waals surface area contributed by atoms with E-state index in [1.54, 1.807) is 38.1 Å². The maximum absolute atomic E-state index is 9.61. The van der Waals surface area contributed by atoms with E-state index in [0.29, 0.717) is 5.69 Å². The number of aliphatic hydroxyl groups is 1. The quantitative estimate of drug-likeness (QED) is 0.427. The average molecular weight is 196 g/mol. The van der Waals surface area contributed by atoms with Gasteiger partial charge in [-0.1, -0.05) is 0 Å². The number of phenols is 1. The molecule has 4 heteroatoms. The van der Waals surface area contributed by atoms with Crippen molar-refractivity contribution in [2.24, 2.45) is 5.73 Å². The summed E-state index contributed by atoms with van der Waals surface area (Å²) in [5, 5.41) is 21.5. The average Bonchev–Trinajstić information content (AvgIpc) is 2.07. The van der Waals surface area contributed by atoms with E-state index in [4.69, 9.17) is 10.8 Å². The fraction of sp³-hybridized carbons (Fsp3) is 0.400. The summed E-state index contributed by atoms with van der Waals surface area (Å²) in [7, 11) is 0. The van der Waals surface area contributed by atoms with Gasteiger partial charge in [-0.15, -0.1) is 0 Å². The van der Waals surface area contributed by atoms with Gasteiger partial charge in [0.25, 0.3) is 0 Å². The minimum atomic E-state index is -0.827. The van der Waals surface area contributed by atoms with Crippen LogP contribution < -0.4 is 11.1 Å². The number of benzene rings is 1. The number of nitrogens with two attached hydrogens (primary N) is 1. The first-order valence-corrected chi connectivity index (χ1v) is 4.42. The number of phenolic OH excluding ortho intramolecular Hbond substituents is 1. The Bertz CT molecular complexity index is 290. The van der Waals surface area contributed by atoms with E-state index in [-0.39, 0.29) is 5.75 Å². The van der Waals surface area contributed by atoms with Crippen LogP contribution in [0.5, 0.6) is 5.75 Å². The molecule has 1 unspecified atom stereocenters. The van der Waals surface area contributed by atoms with Crippen molar-refractivity contribution < 1.29 is 10.2 Å². The van der Waals surface area contributed by atoms with Crippen molar-refractivity contribution >= 4 is 5.69 Å². The maximum atomic E-state index is 9.61. The van der Waals surface area contributed by atoms with Gasteiger partial charge in [0.15, 0.2) is 0 Å². The number of anilines is 1. The van der Waals surface area contributed by atoms with E-state index in [9.17, 15) is 5.11 Å². The van der Waals surface area contributed by atoms with Crippen LogP contribution in [0.3, 0.4) is 0 Å². The summed E-state index contributed by atoms with van der Waals surface area (Å²) in [4.78, 5) is 0. The Kier molecular flexibility index (Phi) is 2.98. The summed E-state index contributed by atoms with van der Waals surface area (Å²) in [6.07, 6.45) is -0.827. The van der Waals surface area contributed by atoms with Gasteiger partial charge in [0.05, 0.1) is 5.54 Å². The van der Waals surface area contributed by atoms with Crippen LogP contribution in [-0.4, -0.2) is 22.0 Å². The van der Waals surface area contributed by atoms with Crippen molar-refractivity contribution in [3.05, 3.63) is 24.3 Å². The van der Waals surface area contributed by atoms with E-state index in [1.165, 1.54) is 0 Å². The molecule has 0 aliphatic rings. The van der Waals surface area contributed by atoms with Gasteiger partial charge in [-0.05, 0) is 38.1 Å². The Morgan fingerprint density at radius 1 is 1.29 bits per heavy atom. The summed E-state index contributed by atoms with van der Waals surface area (Å²) in [5.74, 6) is 0.192. The molecule has 0 bridgehead atoms. The molecular formula is C10H16N2O2. The van der Waals surface area contributed by atoms with Gasteiger partial charge in [-0.2, -0.15) is 0 Å². The number of aliphatic hydroxyl groups excluding tert-OH is 1. The summed E-state index contributed by atoms with van der Waals surface area (Å²) in [6.45, 7) is 3.45. The highest BCUT2D eigenvalue weighted by Gasteiger charge is 2.22. The van der Waals surface area contributed by atoms with Crippen molar-refractivity contribution in [1.82, 2.24) is 0 Å². The first-order chi connectivity index (χ1) is 6.39. The van der Waals surface area contributed by atoms with Crippen molar-refractivity contribution in [2.45, 2.75) is 25.6 Å². The van der Waals surface area contributed by atoms with Crippen LogP contribution >= 0.6 is 0 Å². The van der Waals surface area contributed by atoms with Gasteiger partial charge in [-0.3, -0.25) is 0 Å². The van der Waals surface area contributed by atoms with E-state index in [0.717, 1.165) is 0 Å². The van der Waals surface area contributed by atoms with E-state index in [2.05, 4.69) is 5.32 Å². The Hall–Kier alpha value is -1.26. The van der Waals surface area contributed by atoms with Crippen LogP contribution in [0.1, 0.15) is 13.8 Å². The second kappa shape index (κ2) is 3.86. The van der Waals surface area contributed by atoms with Crippen LogP contribution in [0, 0.1) is 0 Å². The minimum Gasteiger partial charge on any atom is -0.508 e. The van der Waals surface area contributed by atoms with Gasteiger partial charge in [0, 0.05) is 5.69 Å². The highest BCUT2D eigenvalue weighted by atomic mass is 16.3. The molecule has 0 aliphatic heterocycles. The Balaban J connectivity index is 2.65. The Morgan fingerprint density at radius 3 is 2.21 bits per heavy atom. The molecule has 0 heterocycles. The molecule has 1 aromatic carbocycles. The molecule has 0 saturated heterocycles. The third-order valence-corrected chi connectivity index (χ3v) is 1.88. The van der Waals surface area contributed by atoms with Crippen LogP contribution in [0.25, 0.3) is 0 Å². The van der Waals surface area contributed by atoms with Crippen LogP contribution in [-0.2, 0) is 0 Å². The van der Waals surface area contributed by atoms with Gasteiger partial charge in [-0.25, -0.2) is 0 Å². The first-order valence-electron chi connectivity index (χ1n) is 4.42. The molecule has 4 nitrogen and oxygen atoms in total. The van der Waals surface area contributed by atoms with Gasteiger partial charge in [0.2, 0.25) is 0 Å². The normalized spacial score (nSPS) is 13.7. The number of hydrogen-bond acceptors (Lipinski definition) is 4. The molecule has 1 atom stereocenters. The zero-order valence-corrected chi connectivity index (χ0v) is 8.36. The topological polar surface area (TPSA) is 78.5 Å². The lowest BCUT2D eigenvalue weighted by molar-refractivity contribution is 0.130. The van der Waals surface area contributed by atoms with E-state index >= 15 is 0 Å². The maximum Gasteiger partial charge on any atom is 0.142 e. The van der Waals surface area contributed by atoms with E-state index < -0.39 is 11.8 Å². The van der Waals surface area contributed by atoms with Crippen LogP contribution in [0.4, 0.5) is 5.69 Å². The Labute approximate surface area is 83.4 Å². The predicted octanol–water partition coefficient (Wildman–Crippen LogP) is 0.860. The number of nitrogens with one attached hydrogen (secondary N) is 1. The lowest BCUT2D eigenvalue weighted by Crippen LogP contribution is -2.49. The van der Waals surface area contributed by atoms with Crippen molar-refractivity contribution in [3.8, 4) is 5.75 Å². The molecule has 0 radical (unpaired) electrons. The predicted molar refractivity (Wildman–Crippen MR) is 56.0 cm³/mol. The molecular weight excluding hydrogens is 180 g/mol. The number of aromatic hydroxyl groups is 1. The van der Waals surface area contributed by atoms with Crippen molar-refractivity contribution in [2.75, 3.05) is 5.32 Å². The molecule has 5 N–H and O–H groups in total. The SMILES string of the molecule is CC(C)(N)C(O)Nc1ccc(O)cc1. The molecule has 0 spiro atoms. The second-order valence-electron chi connectivity index (χ2n) is 3.92. The molecule has 0 fully saturated rings. The molecule has 1 rings (SSSR count). The number of rotatable bonds is 3. The molecule has 0 aliphatic carbocycles. The molecule has 1 aromatic rings. The van der Waals surface area contributed by atoms with E-state index in [1.807, 2.05) is 0 Å². The Morgan fingerprint density at radius 2 is 1.79 bits per heavy atom. The molecule has 78 valence electrons.